The van der Waals surface area contributed by atoms with Gasteiger partial charge in [0.05, 0.1) is 5.69 Å². The lowest BCUT2D eigenvalue weighted by atomic mass is 9.76. The summed E-state index contributed by atoms with van der Waals surface area (Å²) < 4.78 is 71.8. The molecule has 3 N–H and O–H groups in total. The van der Waals surface area contributed by atoms with E-state index in [1.54, 1.807) is 6.20 Å². The van der Waals surface area contributed by atoms with Gasteiger partial charge in [-0.05, 0) is 37.2 Å². The van der Waals surface area contributed by atoms with Crippen molar-refractivity contribution in [2.75, 3.05) is 18.8 Å². The number of imidazole rings is 1. The van der Waals surface area contributed by atoms with Gasteiger partial charge in [-0.3, -0.25) is 4.90 Å². The van der Waals surface area contributed by atoms with Crippen molar-refractivity contribution in [3.63, 3.8) is 0 Å². The zero-order chi connectivity index (χ0) is 26.0. The van der Waals surface area contributed by atoms with E-state index in [0.29, 0.717) is 30.5 Å². The van der Waals surface area contributed by atoms with Crippen LogP contribution in [-0.2, 0) is 5.54 Å². The number of piperidine rings is 1. The molecule has 3 heterocycles. The van der Waals surface area contributed by atoms with Crippen molar-refractivity contribution in [1.29, 1.82) is 0 Å². The second-order valence-electron chi connectivity index (χ2n) is 10.8. The Labute approximate surface area is 205 Å². The van der Waals surface area contributed by atoms with Crippen LogP contribution in [0.25, 0.3) is 11.3 Å². The lowest BCUT2D eigenvalue weighted by Gasteiger charge is -2.42. The van der Waals surface area contributed by atoms with Gasteiger partial charge in [-0.2, -0.15) is 0 Å². The molecule has 0 spiro atoms. The molecular weight excluding hydrogens is 485 g/mol. The van der Waals surface area contributed by atoms with E-state index in [1.807, 2.05) is 18.4 Å². The number of hydrogen-bond acceptors (Lipinski definition) is 6. The van der Waals surface area contributed by atoms with Gasteiger partial charge in [0.1, 0.15) is 11.9 Å². The second kappa shape index (κ2) is 8.54. The molecule has 1 unspecified atom stereocenters. The predicted molar refractivity (Wildman–Crippen MR) is 121 cm³/mol. The minimum atomic E-state index is -4.93. The first-order valence-electron chi connectivity index (χ1n) is 12.2. The summed E-state index contributed by atoms with van der Waals surface area (Å²) in [6.07, 6.45) is -0.611. The molecule has 6 rings (SSSR count). The van der Waals surface area contributed by atoms with Crippen molar-refractivity contribution in [2.24, 2.45) is 11.8 Å². The molecule has 4 aliphatic rings. The number of halogens is 5. The Morgan fingerprint density at radius 1 is 1.17 bits per heavy atom. The monoisotopic (exact) mass is 515 g/mol. The molecule has 2 atom stereocenters. The summed E-state index contributed by atoms with van der Waals surface area (Å²) in [6, 6.07) is 1.32. The third kappa shape index (κ3) is 4.53. The third-order valence-corrected chi connectivity index (χ3v) is 7.96. The van der Waals surface area contributed by atoms with Gasteiger partial charge in [0.2, 0.25) is 0 Å². The summed E-state index contributed by atoms with van der Waals surface area (Å²) >= 11 is 0. The SMILES string of the molecule is CC(C)C(O)c1nc(-c2cnc(N)c(OC(F)(F)F)c2)cn1C12CC(C1)[C@@H](N1CCC(F)(F)CC1)C2. The lowest BCUT2D eigenvalue weighted by Crippen LogP contribution is -2.46. The largest absolute Gasteiger partial charge is 0.573 e. The highest BCUT2D eigenvalue weighted by molar-refractivity contribution is 5.64. The smallest absolute Gasteiger partial charge is 0.402 e. The number of nitrogens with two attached hydrogens (primary N) is 1. The van der Waals surface area contributed by atoms with Crippen molar-refractivity contribution >= 4 is 5.82 Å². The molecule has 0 radical (unpaired) electrons. The Morgan fingerprint density at radius 2 is 1.83 bits per heavy atom. The summed E-state index contributed by atoms with van der Waals surface area (Å²) in [6.45, 7) is 4.44. The third-order valence-electron chi connectivity index (χ3n) is 7.96. The van der Waals surface area contributed by atoms with Crippen molar-refractivity contribution in [2.45, 2.75) is 75.9 Å². The fourth-order valence-corrected chi connectivity index (χ4v) is 6.04. The summed E-state index contributed by atoms with van der Waals surface area (Å²) in [4.78, 5) is 10.6. The number of pyridine rings is 1. The van der Waals surface area contributed by atoms with Crippen LogP contribution in [0, 0.1) is 11.8 Å². The standard InChI is InChI=1S/C24H30F5N5O2/c1-13(2)19(35)21-32-16(14-7-18(20(30)31-11-14)36-24(27,28)29)12-34(21)22-8-15(9-22)17(10-22)33-5-3-23(25,26)4-6-33/h7,11-13,15,17,19,35H,3-6,8-10H2,1-2H3,(H2,30,31)/t15?,17-,19?,22?/m0/s1. The Bertz CT molecular complexity index is 1120. The first-order valence-corrected chi connectivity index (χ1v) is 12.2. The average molecular weight is 516 g/mol. The quantitative estimate of drug-likeness (QED) is 0.541. The summed E-state index contributed by atoms with van der Waals surface area (Å²) in [5.74, 6) is -2.97. The van der Waals surface area contributed by atoms with Gasteiger partial charge < -0.3 is 20.1 Å². The highest BCUT2D eigenvalue weighted by Gasteiger charge is 2.60. The number of aliphatic hydroxyl groups is 1. The van der Waals surface area contributed by atoms with Crippen molar-refractivity contribution < 1.29 is 31.8 Å². The van der Waals surface area contributed by atoms with E-state index < -0.39 is 30.0 Å². The Kier molecular flexibility index (Phi) is 5.98. The van der Waals surface area contributed by atoms with Crippen LogP contribution in [0.2, 0.25) is 0 Å². The normalized spacial score (nSPS) is 28.8. The van der Waals surface area contributed by atoms with Gasteiger partial charge in [-0.25, -0.2) is 18.7 Å². The van der Waals surface area contributed by atoms with Gasteiger partial charge in [0, 0.05) is 55.5 Å². The number of alkyl halides is 5. The number of ether oxygens (including phenoxy) is 1. The number of rotatable bonds is 6. The van der Waals surface area contributed by atoms with Crippen LogP contribution < -0.4 is 10.5 Å². The highest BCUT2D eigenvalue weighted by Crippen LogP contribution is 2.60. The van der Waals surface area contributed by atoms with Crippen LogP contribution in [0.4, 0.5) is 27.8 Å². The number of nitrogen functional groups attached to an aromatic ring is 1. The molecule has 0 amide bonds. The van der Waals surface area contributed by atoms with Gasteiger partial charge in [0.15, 0.2) is 11.6 Å². The van der Waals surface area contributed by atoms with Crippen LogP contribution in [0.3, 0.4) is 0 Å². The first kappa shape index (κ1) is 25.2. The summed E-state index contributed by atoms with van der Waals surface area (Å²) in [5.41, 5.74) is 5.88. The number of aromatic nitrogens is 3. The molecule has 3 aliphatic carbocycles. The number of nitrogens with zero attached hydrogens (tertiary/aromatic N) is 4. The molecule has 36 heavy (non-hydrogen) atoms. The molecule has 2 aromatic heterocycles. The Balaban J connectivity index is 1.46. The van der Waals surface area contributed by atoms with Crippen molar-refractivity contribution in [1.82, 2.24) is 19.4 Å². The van der Waals surface area contributed by atoms with Gasteiger partial charge >= 0.3 is 6.36 Å². The van der Waals surface area contributed by atoms with Crippen LogP contribution in [0.15, 0.2) is 18.5 Å². The number of likely N-dealkylation sites (tertiary alicyclic amines) is 1. The number of fused-ring (bicyclic) bond motifs is 1. The lowest BCUT2D eigenvalue weighted by molar-refractivity contribution is -0.274. The molecule has 2 bridgehead atoms. The molecular formula is C24H30F5N5O2. The van der Waals surface area contributed by atoms with E-state index in [0.717, 1.165) is 25.3 Å². The van der Waals surface area contributed by atoms with E-state index >= 15 is 0 Å². The molecule has 2 aromatic rings. The van der Waals surface area contributed by atoms with Crippen molar-refractivity contribution in [3.8, 4) is 17.0 Å². The minimum absolute atomic E-state index is 0.137. The zero-order valence-corrected chi connectivity index (χ0v) is 20.1. The topological polar surface area (TPSA) is 89.4 Å². The van der Waals surface area contributed by atoms with Crippen LogP contribution >= 0.6 is 0 Å². The molecule has 3 saturated carbocycles. The van der Waals surface area contributed by atoms with E-state index in [9.17, 15) is 27.1 Å². The van der Waals surface area contributed by atoms with E-state index in [4.69, 9.17) is 5.73 Å². The molecule has 0 aromatic carbocycles. The average Bonchev–Trinajstić information content (AvgIpc) is 3.45. The fourth-order valence-electron chi connectivity index (χ4n) is 6.04. The van der Waals surface area contributed by atoms with Crippen molar-refractivity contribution in [3.05, 3.63) is 24.3 Å². The van der Waals surface area contributed by atoms with E-state index in [1.165, 1.54) is 6.20 Å². The molecule has 7 nitrogen and oxygen atoms in total. The molecule has 1 saturated heterocycles. The molecule has 1 aliphatic heterocycles. The minimum Gasteiger partial charge on any atom is -0.402 e. The molecule has 4 fully saturated rings. The van der Waals surface area contributed by atoms with Gasteiger partial charge in [-0.1, -0.05) is 13.8 Å². The van der Waals surface area contributed by atoms with Crippen LogP contribution in [0.5, 0.6) is 5.75 Å². The summed E-state index contributed by atoms with van der Waals surface area (Å²) in [7, 11) is 0. The van der Waals surface area contributed by atoms with Crippen LogP contribution in [-0.4, -0.2) is 56.0 Å². The number of aliphatic hydroxyl groups excluding tert-OH is 1. The first-order chi connectivity index (χ1) is 16.8. The number of anilines is 1. The zero-order valence-electron chi connectivity index (χ0n) is 20.1. The predicted octanol–water partition coefficient (Wildman–Crippen LogP) is 4.72. The summed E-state index contributed by atoms with van der Waals surface area (Å²) in [5, 5.41) is 11.0. The molecule has 198 valence electrons. The maximum absolute atomic E-state index is 13.7. The highest BCUT2D eigenvalue weighted by atomic mass is 19.4. The Morgan fingerprint density at radius 3 is 2.44 bits per heavy atom. The maximum atomic E-state index is 13.7. The van der Waals surface area contributed by atoms with Gasteiger partial charge in [-0.15, -0.1) is 13.2 Å². The Hall–Kier alpha value is -2.47. The van der Waals surface area contributed by atoms with E-state index in [2.05, 4.69) is 19.6 Å². The van der Waals surface area contributed by atoms with E-state index in [-0.39, 0.29) is 35.9 Å². The van der Waals surface area contributed by atoms with Crippen LogP contribution in [0.1, 0.15) is 57.9 Å². The van der Waals surface area contributed by atoms with Gasteiger partial charge in [0.25, 0.3) is 5.92 Å². The molecule has 12 heteroatoms. The maximum Gasteiger partial charge on any atom is 0.573 e. The second-order valence-corrected chi connectivity index (χ2v) is 10.8. The number of hydrogen-bond donors (Lipinski definition) is 2. The fraction of sp³-hybridized carbons (Fsp3) is 0.667.